The molecule has 0 aliphatic heterocycles. The maximum absolute atomic E-state index is 13.2. The Morgan fingerprint density at radius 1 is 0.971 bits per heavy atom. The van der Waals surface area contributed by atoms with Gasteiger partial charge in [0.25, 0.3) is 0 Å². The molecule has 1 aromatic heterocycles. The maximum Gasteiger partial charge on any atom is 0.336 e. The number of fused-ring (bicyclic) bond motifs is 1. The van der Waals surface area contributed by atoms with E-state index in [9.17, 15) is 23.6 Å². The molecule has 2 atom stereocenters. The van der Waals surface area contributed by atoms with Crippen LogP contribution >= 0.6 is 0 Å². The van der Waals surface area contributed by atoms with E-state index in [0.717, 1.165) is 0 Å². The van der Waals surface area contributed by atoms with Crippen molar-refractivity contribution in [1.82, 2.24) is 10.6 Å². The summed E-state index contributed by atoms with van der Waals surface area (Å²) in [6.45, 7) is 1.26. The Labute approximate surface area is 200 Å². The molecule has 3 aromatic rings. The fourth-order valence-electron chi connectivity index (χ4n) is 3.64. The predicted octanol–water partition coefficient (Wildman–Crippen LogP) is 1.89. The number of hydrogen-bond acceptors (Lipinski definition) is 7. The summed E-state index contributed by atoms with van der Waals surface area (Å²) in [5.41, 5.74) is 0.678. The van der Waals surface area contributed by atoms with Crippen LogP contribution in [0.5, 0.6) is 5.75 Å². The van der Waals surface area contributed by atoms with Crippen molar-refractivity contribution in [3.05, 3.63) is 75.9 Å². The highest BCUT2D eigenvalue weighted by Gasteiger charge is 2.28. The smallest absolute Gasteiger partial charge is 0.336 e. The minimum atomic E-state index is -1.16. The molecule has 35 heavy (non-hydrogen) atoms. The van der Waals surface area contributed by atoms with E-state index in [-0.39, 0.29) is 18.4 Å². The highest BCUT2D eigenvalue weighted by molar-refractivity contribution is 5.91. The first-order chi connectivity index (χ1) is 16.7. The number of carbonyl (C=O) groups excluding carboxylic acids is 3. The van der Waals surface area contributed by atoms with Gasteiger partial charge in [-0.3, -0.25) is 9.59 Å². The van der Waals surface area contributed by atoms with Crippen molar-refractivity contribution in [3.8, 4) is 5.75 Å². The lowest BCUT2D eigenvalue weighted by atomic mass is 10.0. The molecule has 0 bridgehead atoms. The van der Waals surface area contributed by atoms with Crippen LogP contribution in [0, 0.1) is 5.82 Å². The van der Waals surface area contributed by atoms with Crippen molar-refractivity contribution in [1.29, 1.82) is 0 Å². The molecular formula is C25H25FN2O7. The van der Waals surface area contributed by atoms with Gasteiger partial charge in [-0.15, -0.1) is 0 Å². The Kier molecular flexibility index (Phi) is 8.19. The summed E-state index contributed by atoms with van der Waals surface area (Å²) in [6.07, 6.45) is -0.00653. The lowest BCUT2D eigenvalue weighted by Gasteiger charge is -2.22. The molecule has 0 radical (unpaired) electrons. The predicted molar refractivity (Wildman–Crippen MR) is 124 cm³/mol. The standard InChI is InChI=1S/C25H25FN2O7/c1-14(29)27-20(10-15-4-6-17(26)7-5-15)24(31)28-21(25(32)34-3)11-16-12-23(30)35-22-13-18(33-2)8-9-19(16)22/h4-9,12-13,20-21H,10-11H2,1-3H3,(H,27,29)(H,28,31)/t20-,21+/m0/s1. The van der Waals surface area contributed by atoms with Gasteiger partial charge in [-0.05, 0) is 35.4 Å². The van der Waals surface area contributed by atoms with E-state index >= 15 is 0 Å². The molecule has 0 saturated carbocycles. The van der Waals surface area contributed by atoms with Gasteiger partial charge < -0.3 is 24.5 Å². The Morgan fingerprint density at radius 2 is 1.69 bits per heavy atom. The first kappa shape index (κ1) is 25.4. The van der Waals surface area contributed by atoms with Crippen LogP contribution in [0.1, 0.15) is 18.1 Å². The molecule has 2 N–H and O–H groups in total. The summed E-state index contributed by atoms with van der Waals surface area (Å²) >= 11 is 0. The lowest BCUT2D eigenvalue weighted by molar-refractivity contribution is -0.145. The third kappa shape index (κ3) is 6.66. The molecule has 184 valence electrons. The Bertz CT molecular complexity index is 1290. The van der Waals surface area contributed by atoms with Crippen molar-refractivity contribution in [2.24, 2.45) is 0 Å². The van der Waals surface area contributed by atoms with E-state index < -0.39 is 41.3 Å². The number of methoxy groups -OCH3 is 2. The van der Waals surface area contributed by atoms with Crippen LogP contribution in [0.25, 0.3) is 11.0 Å². The lowest BCUT2D eigenvalue weighted by Crippen LogP contribution is -2.53. The monoisotopic (exact) mass is 484 g/mol. The second kappa shape index (κ2) is 11.3. The molecule has 0 spiro atoms. The second-order valence-electron chi connectivity index (χ2n) is 7.82. The molecule has 2 aromatic carbocycles. The fourth-order valence-corrected chi connectivity index (χ4v) is 3.64. The molecule has 10 heteroatoms. The topological polar surface area (TPSA) is 124 Å². The minimum Gasteiger partial charge on any atom is -0.497 e. The molecule has 1 heterocycles. The SMILES string of the molecule is COC(=O)[C@@H](Cc1cc(=O)oc2cc(OC)ccc12)NC(=O)[C@H](Cc1ccc(F)cc1)NC(C)=O. The van der Waals surface area contributed by atoms with Crippen LogP contribution in [0.15, 0.2) is 57.7 Å². The zero-order valence-corrected chi connectivity index (χ0v) is 19.4. The first-order valence-corrected chi connectivity index (χ1v) is 10.7. The van der Waals surface area contributed by atoms with Crippen LogP contribution in [-0.2, 0) is 32.0 Å². The number of carbonyl (C=O) groups is 3. The second-order valence-corrected chi connectivity index (χ2v) is 7.82. The fraction of sp³-hybridized carbons (Fsp3) is 0.280. The van der Waals surface area contributed by atoms with E-state index in [4.69, 9.17) is 13.9 Å². The Hall–Kier alpha value is -4.21. The third-order valence-corrected chi connectivity index (χ3v) is 5.31. The molecule has 0 fully saturated rings. The molecule has 9 nitrogen and oxygen atoms in total. The van der Waals surface area contributed by atoms with Gasteiger partial charge >= 0.3 is 11.6 Å². The highest BCUT2D eigenvalue weighted by atomic mass is 19.1. The molecule has 2 amide bonds. The normalized spacial score (nSPS) is 12.5. The summed E-state index contributed by atoms with van der Waals surface area (Å²) in [4.78, 5) is 49.4. The van der Waals surface area contributed by atoms with Crippen molar-refractivity contribution in [2.75, 3.05) is 14.2 Å². The summed E-state index contributed by atoms with van der Waals surface area (Å²) in [5.74, 6) is -1.79. The quantitative estimate of drug-likeness (QED) is 0.351. The summed E-state index contributed by atoms with van der Waals surface area (Å²) < 4.78 is 28.5. The van der Waals surface area contributed by atoms with Crippen molar-refractivity contribution in [2.45, 2.75) is 31.8 Å². The molecular weight excluding hydrogens is 459 g/mol. The van der Waals surface area contributed by atoms with Gasteiger partial charge in [-0.2, -0.15) is 0 Å². The molecule has 0 saturated heterocycles. The minimum absolute atomic E-state index is 0.0667. The van der Waals surface area contributed by atoms with Crippen LogP contribution in [-0.4, -0.2) is 44.1 Å². The van der Waals surface area contributed by atoms with Gasteiger partial charge in [0, 0.05) is 37.3 Å². The van der Waals surface area contributed by atoms with E-state index in [1.54, 1.807) is 18.2 Å². The summed E-state index contributed by atoms with van der Waals surface area (Å²) in [7, 11) is 2.65. The van der Waals surface area contributed by atoms with Gasteiger partial charge in [-0.25, -0.2) is 14.0 Å². The van der Waals surface area contributed by atoms with E-state index in [0.29, 0.717) is 22.3 Å². The number of benzene rings is 2. The van der Waals surface area contributed by atoms with Crippen molar-refractivity contribution >= 4 is 28.8 Å². The number of amides is 2. The number of hydrogen-bond donors (Lipinski definition) is 2. The molecule has 0 unspecified atom stereocenters. The average molecular weight is 484 g/mol. The van der Waals surface area contributed by atoms with E-state index in [2.05, 4.69) is 10.6 Å². The number of nitrogens with one attached hydrogen (secondary N) is 2. The van der Waals surface area contributed by atoms with Gasteiger partial charge in [0.2, 0.25) is 11.8 Å². The number of halogens is 1. The zero-order valence-electron chi connectivity index (χ0n) is 19.4. The Balaban J connectivity index is 1.88. The maximum atomic E-state index is 13.2. The van der Waals surface area contributed by atoms with Crippen LogP contribution in [0.2, 0.25) is 0 Å². The summed E-state index contributed by atoms with van der Waals surface area (Å²) in [6, 6.07) is 9.42. The van der Waals surface area contributed by atoms with Crippen molar-refractivity contribution < 1.29 is 32.7 Å². The highest BCUT2D eigenvalue weighted by Crippen LogP contribution is 2.23. The molecule has 3 rings (SSSR count). The first-order valence-electron chi connectivity index (χ1n) is 10.7. The van der Waals surface area contributed by atoms with Crippen LogP contribution in [0.4, 0.5) is 4.39 Å². The van der Waals surface area contributed by atoms with Crippen LogP contribution in [0.3, 0.4) is 0 Å². The van der Waals surface area contributed by atoms with Gasteiger partial charge in [0.15, 0.2) is 0 Å². The van der Waals surface area contributed by atoms with E-state index in [1.165, 1.54) is 51.5 Å². The number of esters is 1. The van der Waals surface area contributed by atoms with Crippen molar-refractivity contribution in [3.63, 3.8) is 0 Å². The number of ether oxygens (including phenoxy) is 2. The Morgan fingerprint density at radius 3 is 2.31 bits per heavy atom. The van der Waals surface area contributed by atoms with E-state index in [1.807, 2.05) is 0 Å². The van der Waals surface area contributed by atoms with Gasteiger partial charge in [0.05, 0.1) is 14.2 Å². The largest absolute Gasteiger partial charge is 0.497 e. The van der Waals surface area contributed by atoms with Crippen LogP contribution < -0.4 is 21.0 Å². The van der Waals surface area contributed by atoms with Gasteiger partial charge in [0.1, 0.15) is 29.2 Å². The van der Waals surface area contributed by atoms with Gasteiger partial charge in [-0.1, -0.05) is 12.1 Å². The average Bonchev–Trinajstić information content (AvgIpc) is 2.83. The molecule has 0 aliphatic carbocycles. The number of rotatable bonds is 9. The zero-order chi connectivity index (χ0) is 25.5. The summed E-state index contributed by atoms with van der Waals surface area (Å²) in [5, 5.41) is 5.70. The third-order valence-electron chi connectivity index (χ3n) is 5.31. The molecule has 0 aliphatic rings.